The summed E-state index contributed by atoms with van der Waals surface area (Å²) in [4.78, 5) is 24.7. The van der Waals surface area contributed by atoms with Gasteiger partial charge in [0, 0.05) is 31.2 Å². The van der Waals surface area contributed by atoms with Crippen LogP contribution in [-0.4, -0.2) is 52.2 Å². The summed E-state index contributed by atoms with van der Waals surface area (Å²) in [5.41, 5.74) is 0.367. The zero-order chi connectivity index (χ0) is 19.7. The fourth-order valence-electron chi connectivity index (χ4n) is 2.19. The first-order valence-electron chi connectivity index (χ1n) is 8.94. The van der Waals surface area contributed by atoms with Crippen LogP contribution in [0.3, 0.4) is 0 Å². The summed E-state index contributed by atoms with van der Waals surface area (Å²) in [5, 5.41) is 13.1. The maximum atomic E-state index is 11.9. The van der Waals surface area contributed by atoms with Crippen LogP contribution in [0.4, 0.5) is 0 Å². The van der Waals surface area contributed by atoms with Gasteiger partial charge in [-0.2, -0.15) is 4.98 Å². The second-order valence-corrected chi connectivity index (χ2v) is 6.90. The largest absolute Gasteiger partial charge is 0.357 e. The van der Waals surface area contributed by atoms with Gasteiger partial charge in [0.25, 0.3) is 5.89 Å². The van der Waals surface area contributed by atoms with Crippen LogP contribution in [0.25, 0.3) is 11.6 Å². The normalized spacial score (nSPS) is 11.9. The van der Waals surface area contributed by atoms with Crippen molar-refractivity contribution in [3.05, 3.63) is 30.2 Å². The molecule has 0 aliphatic rings. The Morgan fingerprint density at radius 2 is 2.07 bits per heavy atom. The van der Waals surface area contributed by atoms with Gasteiger partial charge in [-0.15, -0.1) is 0 Å². The van der Waals surface area contributed by atoms with Gasteiger partial charge < -0.3 is 20.5 Å². The SMILES string of the molecule is CCNC(=NCC(=O)NC(C)(C)C)NCCc1noc(-c2ccccn2)n1. The summed E-state index contributed by atoms with van der Waals surface area (Å²) >= 11 is 0. The Morgan fingerprint density at radius 1 is 1.26 bits per heavy atom. The highest BCUT2D eigenvalue weighted by atomic mass is 16.5. The van der Waals surface area contributed by atoms with Gasteiger partial charge in [-0.05, 0) is 39.8 Å². The minimum absolute atomic E-state index is 0.0542. The van der Waals surface area contributed by atoms with E-state index in [1.807, 2.05) is 45.9 Å². The van der Waals surface area contributed by atoms with Crippen LogP contribution >= 0.6 is 0 Å². The molecule has 0 aliphatic heterocycles. The second-order valence-electron chi connectivity index (χ2n) is 6.90. The molecule has 0 unspecified atom stereocenters. The third kappa shape index (κ3) is 7.43. The first-order chi connectivity index (χ1) is 12.9. The quantitative estimate of drug-likeness (QED) is 0.492. The smallest absolute Gasteiger partial charge is 0.276 e. The lowest BCUT2D eigenvalue weighted by Gasteiger charge is -2.20. The number of nitrogens with one attached hydrogen (secondary N) is 3. The molecule has 0 aliphatic carbocycles. The summed E-state index contributed by atoms with van der Waals surface area (Å²) < 4.78 is 5.23. The van der Waals surface area contributed by atoms with Crippen LogP contribution in [0, 0.1) is 0 Å². The van der Waals surface area contributed by atoms with Crippen molar-refractivity contribution in [1.82, 2.24) is 31.1 Å². The van der Waals surface area contributed by atoms with Gasteiger partial charge in [0.1, 0.15) is 12.2 Å². The van der Waals surface area contributed by atoms with Crippen LogP contribution < -0.4 is 16.0 Å². The van der Waals surface area contributed by atoms with Crippen molar-refractivity contribution in [3.8, 4) is 11.6 Å². The van der Waals surface area contributed by atoms with E-state index in [2.05, 4.69) is 36.1 Å². The maximum Gasteiger partial charge on any atom is 0.276 e. The van der Waals surface area contributed by atoms with E-state index < -0.39 is 0 Å². The van der Waals surface area contributed by atoms with E-state index in [1.54, 1.807) is 6.20 Å². The molecule has 2 aromatic rings. The van der Waals surface area contributed by atoms with E-state index in [1.165, 1.54) is 0 Å². The molecule has 2 aromatic heterocycles. The van der Waals surface area contributed by atoms with Gasteiger partial charge in [-0.1, -0.05) is 11.2 Å². The van der Waals surface area contributed by atoms with Gasteiger partial charge in [-0.25, -0.2) is 4.99 Å². The molecule has 146 valence electrons. The lowest BCUT2D eigenvalue weighted by molar-refractivity contribution is -0.121. The predicted octanol–water partition coefficient (Wildman–Crippen LogP) is 1.14. The van der Waals surface area contributed by atoms with E-state index in [0.717, 1.165) is 0 Å². The number of carbonyl (C=O) groups excluding carboxylic acids is 1. The van der Waals surface area contributed by atoms with Gasteiger partial charge in [0.15, 0.2) is 11.8 Å². The van der Waals surface area contributed by atoms with Crippen LogP contribution in [0.15, 0.2) is 33.9 Å². The molecule has 9 heteroatoms. The molecule has 3 N–H and O–H groups in total. The fourth-order valence-corrected chi connectivity index (χ4v) is 2.19. The molecule has 0 saturated heterocycles. The van der Waals surface area contributed by atoms with Crippen molar-refractivity contribution in [1.29, 1.82) is 0 Å². The molecule has 27 heavy (non-hydrogen) atoms. The average molecular weight is 373 g/mol. The number of aliphatic imine (C=N–C) groups is 1. The number of rotatable bonds is 7. The lowest BCUT2D eigenvalue weighted by atomic mass is 10.1. The van der Waals surface area contributed by atoms with Crippen LogP contribution in [0.1, 0.15) is 33.5 Å². The Bertz CT molecular complexity index is 751. The third-order valence-electron chi connectivity index (χ3n) is 3.23. The van der Waals surface area contributed by atoms with Crippen LogP contribution in [0.5, 0.6) is 0 Å². The average Bonchev–Trinajstić information content (AvgIpc) is 3.08. The molecular weight excluding hydrogens is 346 g/mol. The molecule has 0 bridgehead atoms. The number of hydrogen-bond acceptors (Lipinski definition) is 6. The molecular formula is C18H27N7O2. The molecule has 0 aromatic carbocycles. The second kappa shape index (κ2) is 9.65. The first kappa shape index (κ1) is 20.3. The highest BCUT2D eigenvalue weighted by Crippen LogP contribution is 2.13. The maximum absolute atomic E-state index is 11.9. The van der Waals surface area contributed by atoms with E-state index in [0.29, 0.717) is 42.9 Å². The summed E-state index contributed by atoms with van der Waals surface area (Å²) in [5.74, 6) is 1.40. The summed E-state index contributed by atoms with van der Waals surface area (Å²) in [6, 6.07) is 5.50. The summed E-state index contributed by atoms with van der Waals surface area (Å²) in [6.45, 7) is 9.06. The van der Waals surface area contributed by atoms with E-state index in [9.17, 15) is 4.79 Å². The molecule has 0 saturated carbocycles. The number of guanidine groups is 1. The highest BCUT2D eigenvalue weighted by Gasteiger charge is 2.13. The highest BCUT2D eigenvalue weighted by molar-refractivity contribution is 5.85. The van der Waals surface area contributed by atoms with Crippen molar-refractivity contribution < 1.29 is 9.32 Å². The fraction of sp³-hybridized carbons (Fsp3) is 0.500. The predicted molar refractivity (Wildman–Crippen MR) is 103 cm³/mol. The molecule has 9 nitrogen and oxygen atoms in total. The third-order valence-corrected chi connectivity index (χ3v) is 3.23. The Balaban J connectivity index is 1.84. The molecule has 0 fully saturated rings. The number of carbonyl (C=O) groups is 1. The van der Waals surface area contributed by atoms with Gasteiger partial charge in [0.05, 0.1) is 0 Å². The Labute approximate surface area is 159 Å². The monoisotopic (exact) mass is 373 g/mol. The number of pyridine rings is 1. The van der Waals surface area contributed by atoms with Crippen LogP contribution in [0.2, 0.25) is 0 Å². The zero-order valence-corrected chi connectivity index (χ0v) is 16.2. The molecule has 1 amide bonds. The molecule has 0 atom stereocenters. The number of aromatic nitrogens is 3. The zero-order valence-electron chi connectivity index (χ0n) is 16.2. The summed E-state index contributed by atoms with van der Waals surface area (Å²) in [6.07, 6.45) is 2.23. The topological polar surface area (TPSA) is 117 Å². The van der Waals surface area contributed by atoms with Crippen molar-refractivity contribution in [2.45, 2.75) is 39.7 Å². The van der Waals surface area contributed by atoms with Crippen molar-refractivity contribution in [3.63, 3.8) is 0 Å². The Hall–Kier alpha value is -2.97. The molecule has 0 radical (unpaired) electrons. The van der Waals surface area contributed by atoms with Crippen molar-refractivity contribution in [2.24, 2.45) is 4.99 Å². The molecule has 2 heterocycles. The minimum atomic E-state index is -0.275. The van der Waals surface area contributed by atoms with Gasteiger partial charge in [0.2, 0.25) is 5.91 Å². The van der Waals surface area contributed by atoms with E-state index in [4.69, 9.17) is 4.52 Å². The first-order valence-corrected chi connectivity index (χ1v) is 8.94. The molecule has 2 rings (SSSR count). The Kier molecular flexibility index (Phi) is 7.27. The minimum Gasteiger partial charge on any atom is -0.357 e. The van der Waals surface area contributed by atoms with Gasteiger partial charge in [-0.3, -0.25) is 9.78 Å². The van der Waals surface area contributed by atoms with Gasteiger partial charge >= 0.3 is 0 Å². The molecule has 0 spiro atoms. The number of hydrogen-bond donors (Lipinski definition) is 3. The lowest BCUT2D eigenvalue weighted by Crippen LogP contribution is -2.43. The number of nitrogens with zero attached hydrogens (tertiary/aromatic N) is 4. The Morgan fingerprint density at radius 3 is 2.74 bits per heavy atom. The standard InChI is InChI=1S/C18H27N7O2/c1-5-19-17(22-12-15(26)24-18(2,3)4)21-11-9-14-23-16(27-25-14)13-8-6-7-10-20-13/h6-8,10H,5,9,11-12H2,1-4H3,(H,24,26)(H2,19,21,22). The van der Waals surface area contributed by atoms with Crippen molar-refractivity contribution in [2.75, 3.05) is 19.6 Å². The summed E-state index contributed by atoms with van der Waals surface area (Å²) in [7, 11) is 0. The number of amides is 1. The van der Waals surface area contributed by atoms with Crippen molar-refractivity contribution >= 4 is 11.9 Å². The van der Waals surface area contributed by atoms with E-state index in [-0.39, 0.29) is 18.0 Å². The van der Waals surface area contributed by atoms with E-state index >= 15 is 0 Å². The van der Waals surface area contributed by atoms with Crippen LogP contribution in [-0.2, 0) is 11.2 Å².